The van der Waals surface area contributed by atoms with Crippen molar-refractivity contribution in [2.45, 2.75) is 19.5 Å². The van der Waals surface area contributed by atoms with E-state index in [4.69, 9.17) is 9.47 Å². The lowest BCUT2D eigenvalue weighted by atomic mass is 10.1. The van der Waals surface area contributed by atoms with Crippen LogP contribution >= 0.6 is 0 Å². The van der Waals surface area contributed by atoms with Crippen LogP contribution in [-0.4, -0.2) is 44.2 Å². The monoisotopic (exact) mass is 358 g/mol. The van der Waals surface area contributed by atoms with E-state index < -0.39 is 0 Å². The highest BCUT2D eigenvalue weighted by atomic mass is 19.1. The van der Waals surface area contributed by atoms with Crippen LogP contribution in [-0.2, 0) is 11.3 Å². The number of methoxy groups -OCH3 is 2. The highest BCUT2D eigenvalue weighted by molar-refractivity contribution is 5.99. The first kappa shape index (κ1) is 18.2. The number of hydrogen-bond acceptors (Lipinski definition) is 4. The van der Waals surface area contributed by atoms with Gasteiger partial charge in [0.1, 0.15) is 17.3 Å². The minimum Gasteiger partial charge on any atom is -0.497 e. The molecular formula is C20H23FN2O3. The van der Waals surface area contributed by atoms with Gasteiger partial charge in [-0.05, 0) is 36.8 Å². The van der Waals surface area contributed by atoms with Crippen LogP contribution in [0.25, 0.3) is 0 Å². The van der Waals surface area contributed by atoms with Crippen molar-refractivity contribution >= 4 is 11.6 Å². The van der Waals surface area contributed by atoms with Crippen LogP contribution in [0.5, 0.6) is 11.5 Å². The van der Waals surface area contributed by atoms with E-state index in [0.29, 0.717) is 36.8 Å². The summed E-state index contributed by atoms with van der Waals surface area (Å²) < 4.78 is 23.8. The first-order valence-electron chi connectivity index (χ1n) is 8.55. The van der Waals surface area contributed by atoms with E-state index in [1.807, 2.05) is 13.0 Å². The van der Waals surface area contributed by atoms with Crippen LogP contribution in [0.4, 0.5) is 10.1 Å². The van der Waals surface area contributed by atoms with Gasteiger partial charge in [-0.1, -0.05) is 12.1 Å². The summed E-state index contributed by atoms with van der Waals surface area (Å²) in [6.07, 6.45) is 0. The molecule has 0 bridgehead atoms. The van der Waals surface area contributed by atoms with E-state index in [1.54, 1.807) is 43.4 Å². The van der Waals surface area contributed by atoms with Gasteiger partial charge in [0.2, 0.25) is 5.91 Å². The molecular weight excluding hydrogens is 335 g/mol. The Kier molecular flexibility index (Phi) is 5.42. The van der Waals surface area contributed by atoms with Gasteiger partial charge in [0, 0.05) is 25.7 Å². The molecule has 0 N–H and O–H groups in total. The van der Waals surface area contributed by atoms with Crippen molar-refractivity contribution in [3.05, 3.63) is 53.8 Å². The number of rotatable bonds is 5. The van der Waals surface area contributed by atoms with Crippen molar-refractivity contribution in [2.24, 2.45) is 0 Å². The third kappa shape index (κ3) is 3.65. The molecule has 26 heavy (non-hydrogen) atoms. The largest absolute Gasteiger partial charge is 0.497 e. The first-order valence-corrected chi connectivity index (χ1v) is 8.55. The fraction of sp³-hybridized carbons (Fsp3) is 0.350. The maximum absolute atomic E-state index is 13.1. The van der Waals surface area contributed by atoms with E-state index in [2.05, 4.69) is 4.90 Å². The average Bonchev–Trinajstić information content (AvgIpc) is 2.67. The number of halogens is 1. The molecule has 0 spiro atoms. The third-order valence-corrected chi connectivity index (χ3v) is 4.76. The number of anilines is 1. The van der Waals surface area contributed by atoms with Gasteiger partial charge < -0.3 is 14.4 Å². The van der Waals surface area contributed by atoms with Crippen molar-refractivity contribution in [3.63, 3.8) is 0 Å². The number of carbonyl (C=O) groups is 1. The third-order valence-electron chi connectivity index (χ3n) is 4.76. The predicted molar refractivity (Wildman–Crippen MR) is 98.2 cm³/mol. The van der Waals surface area contributed by atoms with Gasteiger partial charge >= 0.3 is 0 Å². The molecule has 5 nitrogen and oxygen atoms in total. The Morgan fingerprint density at radius 1 is 1.08 bits per heavy atom. The Labute approximate surface area is 152 Å². The maximum atomic E-state index is 13.1. The van der Waals surface area contributed by atoms with E-state index in [1.165, 1.54) is 12.1 Å². The van der Waals surface area contributed by atoms with Gasteiger partial charge in [0.25, 0.3) is 0 Å². The number of piperazine rings is 1. The number of ether oxygens (including phenoxy) is 2. The predicted octanol–water partition coefficient (Wildman–Crippen LogP) is 3.08. The first-order chi connectivity index (χ1) is 12.5. The van der Waals surface area contributed by atoms with Gasteiger partial charge in [0.05, 0.1) is 25.9 Å². The zero-order chi connectivity index (χ0) is 18.7. The Balaban J connectivity index is 1.78. The van der Waals surface area contributed by atoms with Gasteiger partial charge in [-0.3, -0.25) is 9.69 Å². The summed E-state index contributed by atoms with van der Waals surface area (Å²) in [6, 6.07) is 11.5. The minimum atomic E-state index is -0.287. The molecule has 1 amide bonds. The molecule has 0 aromatic heterocycles. The van der Waals surface area contributed by atoms with E-state index in [0.717, 1.165) is 5.56 Å². The Bertz CT molecular complexity index is 779. The summed E-state index contributed by atoms with van der Waals surface area (Å²) in [7, 11) is 3.18. The molecule has 1 heterocycles. The van der Waals surface area contributed by atoms with E-state index in [9.17, 15) is 9.18 Å². The number of carbonyl (C=O) groups excluding carboxylic acids is 1. The molecule has 0 radical (unpaired) electrons. The van der Waals surface area contributed by atoms with Crippen molar-refractivity contribution in [1.82, 2.24) is 4.90 Å². The summed E-state index contributed by atoms with van der Waals surface area (Å²) in [5, 5.41) is 0. The van der Waals surface area contributed by atoms with Crippen LogP contribution < -0.4 is 14.4 Å². The van der Waals surface area contributed by atoms with Crippen LogP contribution in [0.15, 0.2) is 42.5 Å². The average molecular weight is 358 g/mol. The maximum Gasteiger partial charge on any atom is 0.244 e. The Morgan fingerprint density at radius 2 is 1.81 bits per heavy atom. The summed E-state index contributed by atoms with van der Waals surface area (Å²) in [5.74, 6) is 1.06. The molecule has 2 aromatic carbocycles. The molecule has 0 aliphatic carbocycles. The molecule has 3 rings (SSSR count). The van der Waals surface area contributed by atoms with Gasteiger partial charge in [0.15, 0.2) is 0 Å². The van der Waals surface area contributed by atoms with Crippen LogP contribution in [0.3, 0.4) is 0 Å². The Morgan fingerprint density at radius 3 is 2.46 bits per heavy atom. The molecule has 1 atom stereocenters. The number of nitrogens with zero attached hydrogens (tertiary/aromatic N) is 2. The van der Waals surface area contributed by atoms with E-state index >= 15 is 0 Å². The number of amides is 1. The van der Waals surface area contributed by atoms with Crippen LogP contribution in [0.2, 0.25) is 0 Å². The topological polar surface area (TPSA) is 42.0 Å². The SMILES string of the molecule is COc1ccc(OC)c(N2CCN(Cc3ccc(F)cc3)[C@@H](C)C2=O)c1. The molecule has 1 aliphatic rings. The van der Waals surface area contributed by atoms with E-state index in [-0.39, 0.29) is 17.8 Å². The highest BCUT2D eigenvalue weighted by Gasteiger charge is 2.33. The van der Waals surface area contributed by atoms with Gasteiger partial charge in [-0.15, -0.1) is 0 Å². The molecule has 0 unspecified atom stereocenters. The quantitative estimate of drug-likeness (QED) is 0.824. The van der Waals surface area contributed by atoms with Gasteiger partial charge in [-0.2, -0.15) is 0 Å². The zero-order valence-corrected chi connectivity index (χ0v) is 15.2. The second kappa shape index (κ2) is 7.74. The zero-order valence-electron chi connectivity index (χ0n) is 15.2. The molecule has 2 aromatic rings. The second-order valence-corrected chi connectivity index (χ2v) is 6.30. The normalized spacial score (nSPS) is 18.1. The molecule has 1 saturated heterocycles. The van der Waals surface area contributed by atoms with Crippen molar-refractivity contribution in [2.75, 3.05) is 32.2 Å². The lowest BCUT2D eigenvalue weighted by molar-refractivity contribution is -0.125. The van der Waals surface area contributed by atoms with Crippen molar-refractivity contribution in [3.8, 4) is 11.5 Å². The second-order valence-electron chi connectivity index (χ2n) is 6.30. The molecule has 0 saturated carbocycles. The van der Waals surface area contributed by atoms with Crippen LogP contribution in [0, 0.1) is 5.82 Å². The number of hydrogen-bond donors (Lipinski definition) is 0. The molecule has 6 heteroatoms. The minimum absolute atomic E-state index is 0.00455. The van der Waals surface area contributed by atoms with Crippen LogP contribution in [0.1, 0.15) is 12.5 Å². The summed E-state index contributed by atoms with van der Waals surface area (Å²) >= 11 is 0. The lowest BCUT2D eigenvalue weighted by Gasteiger charge is -2.39. The molecule has 138 valence electrons. The summed E-state index contributed by atoms with van der Waals surface area (Å²) in [5.41, 5.74) is 1.70. The van der Waals surface area contributed by atoms with Gasteiger partial charge in [-0.25, -0.2) is 4.39 Å². The standard InChI is InChI=1S/C20H23FN2O3/c1-14-20(24)23(18-12-17(25-2)8-9-19(18)26-3)11-10-22(14)13-15-4-6-16(21)7-5-15/h4-9,12,14H,10-11,13H2,1-3H3/t14-/m0/s1. The molecule has 1 fully saturated rings. The Hall–Kier alpha value is -2.60. The van der Waals surface area contributed by atoms with Crippen molar-refractivity contribution < 1.29 is 18.7 Å². The van der Waals surface area contributed by atoms with Crippen molar-refractivity contribution in [1.29, 1.82) is 0 Å². The summed E-state index contributed by atoms with van der Waals surface area (Å²) in [6.45, 7) is 3.76. The smallest absolute Gasteiger partial charge is 0.244 e. The molecule has 1 aliphatic heterocycles. The fourth-order valence-electron chi connectivity index (χ4n) is 3.20. The number of benzene rings is 2. The highest BCUT2D eigenvalue weighted by Crippen LogP contribution is 2.34. The summed E-state index contributed by atoms with van der Waals surface area (Å²) in [4.78, 5) is 16.8. The fourth-order valence-corrected chi connectivity index (χ4v) is 3.20. The lowest BCUT2D eigenvalue weighted by Crippen LogP contribution is -2.55.